The van der Waals surface area contributed by atoms with Crippen molar-refractivity contribution in [2.24, 2.45) is 0 Å². The second kappa shape index (κ2) is 4.23. The highest BCUT2D eigenvalue weighted by Gasteiger charge is 2.10. The molecule has 4 heteroatoms. The first-order valence-corrected chi connectivity index (χ1v) is 5.38. The van der Waals surface area contributed by atoms with Crippen LogP contribution in [0, 0.1) is 0 Å². The Morgan fingerprint density at radius 2 is 2.25 bits per heavy atom. The molecule has 0 saturated heterocycles. The van der Waals surface area contributed by atoms with E-state index in [9.17, 15) is 0 Å². The molecule has 2 rings (SSSR count). The lowest BCUT2D eigenvalue weighted by Gasteiger charge is -2.19. The van der Waals surface area contributed by atoms with E-state index in [2.05, 4.69) is 15.4 Å². The van der Waals surface area contributed by atoms with Gasteiger partial charge in [0.05, 0.1) is 5.60 Å². The van der Waals surface area contributed by atoms with E-state index < -0.39 is 0 Å². The summed E-state index contributed by atoms with van der Waals surface area (Å²) in [6.45, 7) is 6.70. The number of hydrogen-bond acceptors (Lipinski definition) is 3. The Hall–Kier alpha value is -1.39. The molecule has 2 N–H and O–H groups in total. The topological polar surface area (TPSA) is 49.9 Å². The minimum atomic E-state index is -0.176. The number of aromatic amines is 1. The van der Waals surface area contributed by atoms with E-state index in [1.807, 2.05) is 39.1 Å². The van der Waals surface area contributed by atoms with Gasteiger partial charge in [0.2, 0.25) is 0 Å². The Kier molecular flexibility index (Phi) is 2.94. The summed E-state index contributed by atoms with van der Waals surface area (Å²) in [5, 5.41) is 1.13. The molecule has 2 aromatic heterocycles. The van der Waals surface area contributed by atoms with E-state index in [1.54, 1.807) is 6.20 Å². The second-order valence-corrected chi connectivity index (χ2v) is 4.75. The quantitative estimate of drug-likeness (QED) is 0.779. The van der Waals surface area contributed by atoms with Crippen LogP contribution in [-0.2, 0) is 11.4 Å². The minimum Gasteiger partial charge on any atom is -0.346 e. The molecule has 0 fully saturated rings. The molecule has 0 saturated carbocycles. The minimum absolute atomic E-state index is 0.176. The van der Waals surface area contributed by atoms with Crippen molar-refractivity contribution in [2.45, 2.75) is 32.9 Å². The van der Waals surface area contributed by atoms with Crippen LogP contribution in [0.15, 0.2) is 24.5 Å². The van der Waals surface area contributed by atoms with E-state index in [0.717, 1.165) is 16.6 Å². The van der Waals surface area contributed by atoms with E-state index >= 15 is 0 Å². The number of aromatic nitrogens is 2. The van der Waals surface area contributed by atoms with Gasteiger partial charge in [-0.15, -0.1) is 0 Å². The van der Waals surface area contributed by atoms with Gasteiger partial charge in [0.1, 0.15) is 5.65 Å². The van der Waals surface area contributed by atoms with Gasteiger partial charge in [-0.25, -0.2) is 4.98 Å². The first-order valence-electron chi connectivity index (χ1n) is 5.38. The maximum atomic E-state index is 5.47. The number of fused-ring (bicyclic) bond motifs is 1. The summed E-state index contributed by atoms with van der Waals surface area (Å²) < 4.78 is 0. The molecule has 16 heavy (non-hydrogen) atoms. The third-order valence-electron chi connectivity index (χ3n) is 2.18. The highest BCUT2D eigenvalue weighted by molar-refractivity contribution is 5.79. The van der Waals surface area contributed by atoms with Crippen LogP contribution in [0.25, 0.3) is 11.0 Å². The van der Waals surface area contributed by atoms with Crippen molar-refractivity contribution < 1.29 is 4.84 Å². The summed E-state index contributed by atoms with van der Waals surface area (Å²) in [5.74, 6) is 0. The summed E-state index contributed by atoms with van der Waals surface area (Å²) in [7, 11) is 0. The molecule has 0 aliphatic heterocycles. The third-order valence-corrected chi connectivity index (χ3v) is 2.18. The Morgan fingerprint density at radius 3 is 3.00 bits per heavy atom. The van der Waals surface area contributed by atoms with Gasteiger partial charge >= 0.3 is 0 Å². The molecule has 0 unspecified atom stereocenters. The van der Waals surface area contributed by atoms with Gasteiger partial charge in [0.15, 0.2) is 0 Å². The predicted octanol–water partition coefficient (Wildman–Crippen LogP) is 2.38. The van der Waals surface area contributed by atoms with Gasteiger partial charge < -0.3 is 4.98 Å². The van der Waals surface area contributed by atoms with Crippen LogP contribution in [0.5, 0.6) is 0 Å². The molecular formula is C12H17N3O. The Bertz CT molecular complexity index is 470. The standard InChI is InChI=1S/C12H17N3O/c1-12(2,3)16-15-8-9-7-14-11-10(9)5-4-6-13-11/h4-7,15H,8H2,1-3H3,(H,13,14). The lowest BCUT2D eigenvalue weighted by molar-refractivity contribution is -0.0756. The molecule has 4 nitrogen and oxygen atoms in total. The number of hydrogen-bond donors (Lipinski definition) is 2. The molecule has 0 spiro atoms. The summed E-state index contributed by atoms with van der Waals surface area (Å²) in [6, 6.07) is 3.98. The molecule has 2 heterocycles. The van der Waals surface area contributed by atoms with Gasteiger partial charge in [-0.3, -0.25) is 4.84 Å². The number of H-pyrrole nitrogens is 1. The molecule has 86 valence electrons. The fraction of sp³-hybridized carbons (Fsp3) is 0.417. The van der Waals surface area contributed by atoms with Crippen molar-refractivity contribution in [1.82, 2.24) is 15.4 Å². The molecule has 2 aromatic rings. The number of nitrogens with zero attached hydrogens (tertiary/aromatic N) is 1. The van der Waals surface area contributed by atoms with E-state index in [-0.39, 0.29) is 5.60 Å². The molecule has 0 radical (unpaired) electrons. The van der Waals surface area contributed by atoms with E-state index in [0.29, 0.717) is 6.54 Å². The third kappa shape index (κ3) is 2.59. The van der Waals surface area contributed by atoms with Gasteiger partial charge in [-0.05, 0) is 38.5 Å². The molecule has 0 aliphatic carbocycles. The predicted molar refractivity (Wildman–Crippen MR) is 63.8 cm³/mol. The summed E-state index contributed by atoms with van der Waals surface area (Å²) in [4.78, 5) is 12.8. The van der Waals surface area contributed by atoms with E-state index in [1.165, 1.54) is 0 Å². The lowest BCUT2D eigenvalue weighted by Crippen LogP contribution is -2.28. The van der Waals surface area contributed by atoms with Crippen LogP contribution in [0.3, 0.4) is 0 Å². The highest BCUT2D eigenvalue weighted by Crippen LogP contribution is 2.15. The van der Waals surface area contributed by atoms with Crippen LogP contribution in [-0.4, -0.2) is 15.6 Å². The van der Waals surface area contributed by atoms with Gasteiger partial charge in [0, 0.05) is 24.3 Å². The van der Waals surface area contributed by atoms with Crippen LogP contribution < -0.4 is 5.48 Å². The highest BCUT2D eigenvalue weighted by atomic mass is 16.7. The Balaban J connectivity index is 2.05. The maximum absolute atomic E-state index is 5.47. The number of pyridine rings is 1. The maximum Gasteiger partial charge on any atom is 0.137 e. The molecule has 0 atom stereocenters. The average molecular weight is 219 g/mol. The van der Waals surface area contributed by atoms with Gasteiger partial charge in [0.25, 0.3) is 0 Å². The summed E-state index contributed by atoms with van der Waals surface area (Å²) in [6.07, 6.45) is 3.73. The summed E-state index contributed by atoms with van der Waals surface area (Å²) >= 11 is 0. The van der Waals surface area contributed by atoms with Gasteiger partial charge in [-0.1, -0.05) is 0 Å². The SMILES string of the molecule is CC(C)(C)ONCc1c[nH]c2ncccc12. The Labute approximate surface area is 95.0 Å². The average Bonchev–Trinajstić information content (AvgIpc) is 2.60. The lowest BCUT2D eigenvalue weighted by atomic mass is 10.2. The fourth-order valence-corrected chi connectivity index (χ4v) is 1.49. The van der Waals surface area contributed by atoms with Crippen LogP contribution >= 0.6 is 0 Å². The van der Waals surface area contributed by atoms with Gasteiger partial charge in [-0.2, -0.15) is 5.48 Å². The summed E-state index contributed by atoms with van der Waals surface area (Å²) in [5.41, 5.74) is 4.87. The zero-order chi connectivity index (χ0) is 11.6. The second-order valence-electron chi connectivity index (χ2n) is 4.75. The van der Waals surface area contributed by atoms with Crippen LogP contribution in [0.1, 0.15) is 26.3 Å². The normalized spacial score (nSPS) is 12.2. The molecule has 0 aliphatic rings. The van der Waals surface area contributed by atoms with Crippen molar-refractivity contribution in [1.29, 1.82) is 0 Å². The number of rotatable bonds is 3. The molecular weight excluding hydrogens is 202 g/mol. The van der Waals surface area contributed by atoms with E-state index in [4.69, 9.17) is 4.84 Å². The van der Waals surface area contributed by atoms with Crippen LogP contribution in [0.4, 0.5) is 0 Å². The first kappa shape index (κ1) is 11.1. The Morgan fingerprint density at radius 1 is 1.44 bits per heavy atom. The molecule has 0 bridgehead atoms. The molecule has 0 amide bonds. The number of hydroxylamine groups is 1. The smallest absolute Gasteiger partial charge is 0.137 e. The monoisotopic (exact) mass is 219 g/mol. The van der Waals surface area contributed by atoms with Crippen molar-refractivity contribution in [3.8, 4) is 0 Å². The van der Waals surface area contributed by atoms with Crippen molar-refractivity contribution in [2.75, 3.05) is 0 Å². The fourth-order valence-electron chi connectivity index (χ4n) is 1.49. The number of nitrogens with one attached hydrogen (secondary N) is 2. The zero-order valence-corrected chi connectivity index (χ0v) is 9.87. The van der Waals surface area contributed by atoms with Crippen molar-refractivity contribution in [3.05, 3.63) is 30.1 Å². The largest absolute Gasteiger partial charge is 0.346 e. The van der Waals surface area contributed by atoms with Crippen molar-refractivity contribution in [3.63, 3.8) is 0 Å². The zero-order valence-electron chi connectivity index (χ0n) is 9.87. The van der Waals surface area contributed by atoms with Crippen LogP contribution in [0.2, 0.25) is 0 Å². The first-order chi connectivity index (χ1) is 7.56. The molecule has 0 aromatic carbocycles. The van der Waals surface area contributed by atoms with Crippen molar-refractivity contribution >= 4 is 11.0 Å².